The predicted molar refractivity (Wildman–Crippen MR) is 101 cm³/mol. The molecule has 0 unspecified atom stereocenters. The fourth-order valence-electron chi connectivity index (χ4n) is 3.01. The van der Waals surface area contributed by atoms with Crippen LogP contribution in [-0.2, 0) is 11.3 Å². The Bertz CT molecular complexity index is 694. The first kappa shape index (κ1) is 17.3. The smallest absolute Gasteiger partial charge is 0.407 e. The van der Waals surface area contributed by atoms with Gasteiger partial charge in [0, 0.05) is 17.8 Å². The maximum Gasteiger partial charge on any atom is 0.407 e. The van der Waals surface area contributed by atoms with E-state index in [-0.39, 0.29) is 12.1 Å². The quantitative estimate of drug-likeness (QED) is 0.804. The van der Waals surface area contributed by atoms with Crippen molar-refractivity contribution in [3.63, 3.8) is 0 Å². The fraction of sp³-hybridized carbons (Fsp3) is 0.381. The lowest BCUT2D eigenvalue weighted by Gasteiger charge is -2.36. The SMILES string of the molecule is CC(C)c1cccc(NC2CC(NC(=O)OCc3ccccc3)C2)c1. The van der Waals surface area contributed by atoms with Gasteiger partial charge in [-0.2, -0.15) is 0 Å². The molecule has 4 nitrogen and oxygen atoms in total. The van der Waals surface area contributed by atoms with Crippen LogP contribution in [0.3, 0.4) is 0 Å². The number of alkyl carbamates (subject to hydrolysis) is 1. The van der Waals surface area contributed by atoms with E-state index in [9.17, 15) is 4.79 Å². The molecule has 0 atom stereocenters. The van der Waals surface area contributed by atoms with E-state index in [0.717, 1.165) is 24.1 Å². The summed E-state index contributed by atoms with van der Waals surface area (Å²) in [5, 5.41) is 6.47. The Hall–Kier alpha value is -2.49. The molecule has 0 saturated heterocycles. The molecule has 3 rings (SSSR count). The van der Waals surface area contributed by atoms with Gasteiger partial charge < -0.3 is 15.4 Å². The second-order valence-electron chi connectivity index (χ2n) is 7.00. The van der Waals surface area contributed by atoms with E-state index in [1.807, 2.05) is 30.3 Å². The van der Waals surface area contributed by atoms with Crippen LogP contribution in [0, 0.1) is 0 Å². The van der Waals surface area contributed by atoms with Gasteiger partial charge in [0.2, 0.25) is 0 Å². The first-order valence-corrected chi connectivity index (χ1v) is 8.94. The molecule has 25 heavy (non-hydrogen) atoms. The minimum Gasteiger partial charge on any atom is -0.445 e. The molecule has 0 spiro atoms. The molecule has 0 aromatic heterocycles. The van der Waals surface area contributed by atoms with Crippen molar-refractivity contribution in [1.29, 1.82) is 0 Å². The minimum absolute atomic E-state index is 0.189. The number of benzene rings is 2. The van der Waals surface area contributed by atoms with E-state index in [1.54, 1.807) is 0 Å². The third-order valence-electron chi connectivity index (χ3n) is 4.60. The molecule has 0 heterocycles. The lowest BCUT2D eigenvalue weighted by Crippen LogP contribution is -2.49. The maximum atomic E-state index is 11.9. The maximum absolute atomic E-state index is 11.9. The van der Waals surface area contributed by atoms with Crippen molar-refractivity contribution in [3.8, 4) is 0 Å². The van der Waals surface area contributed by atoms with E-state index in [1.165, 1.54) is 5.56 Å². The summed E-state index contributed by atoms with van der Waals surface area (Å²) in [6.07, 6.45) is 1.51. The van der Waals surface area contributed by atoms with Crippen LogP contribution < -0.4 is 10.6 Å². The van der Waals surface area contributed by atoms with Crippen molar-refractivity contribution < 1.29 is 9.53 Å². The molecule has 132 valence electrons. The van der Waals surface area contributed by atoms with Crippen LogP contribution in [0.25, 0.3) is 0 Å². The van der Waals surface area contributed by atoms with Gasteiger partial charge in [0.1, 0.15) is 6.61 Å². The average Bonchev–Trinajstić information content (AvgIpc) is 2.59. The number of nitrogens with one attached hydrogen (secondary N) is 2. The van der Waals surface area contributed by atoms with Crippen LogP contribution >= 0.6 is 0 Å². The zero-order valence-electron chi connectivity index (χ0n) is 14.9. The van der Waals surface area contributed by atoms with Gasteiger partial charge in [-0.05, 0) is 42.0 Å². The van der Waals surface area contributed by atoms with Crippen molar-refractivity contribution in [3.05, 3.63) is 65.7 Å². The summed E-state index contributed by atoms with van der Waals surface area (Å²) in [5.74, 6) is 0.525. The molecule has 1 aliphatic carbocycles. The first-order chi connectivity index (χ1) is 12.1. The molecule has 4 heteroatoms. The highest BCUT2D eigenvalue weighted by atomic mass is 16.5. The van der Waals surface area contributed by atoms with Crippen LogP contribution in [0.1, 0.15) is 43.7 Å². The van der Waals surface area contributed by atoms with E-state index in [2.05, 4.69) is 48.7 Å². The summed E-state index contributed by atoms with van der Waals surface area (Å²) in [7, 11) is 0. The van der Waals surface area contributed by atoms with Crippen molar-refractivity contribution >= 4 is 11.8 Å². The van der Waals surface area contributed by atoms with Crippen LogP contribution in [-0.4, -0.2) is 18.2 Å². The molecule has 2 aromatic rings. The average molecular weight is 338 g/mol. The second-order valence-corrected chi connectivity index (χ2v) is 7.00. The number of carbonyl (C=O) groups is 1. The number of amides is 1. The molecule has 0 aliphatic heterocycles. The molecule has 0 radical (unpaired) electrons. The van der Waals surface area contributed by atoms with Crippen LogP contribution in [0.4, 0.5) is 10.5 Å². The Labute approximate surface area is 149 Å². The normalized spacial score (nSPS) is 19.2. The zero-order chi connectivity index (χ0) is 17.6. The molecule has 2 N–H and O–H groups in total. The highest BCUT2D eigenvalue weighted by molar-refractivity contribution is 5.67. The topological polar surface area (TPSA) is 50.4 Å². The third kappa shape index (κ3) is 4.99. The van der Waals surface area contributed by atoms with Gasteiger partial charge in [-0.25, -0.2) is 4.79 Å². The molecular weight excluding hydrogens is 312 g/mol. The van der Waals surface area contributed by atoms with Gasteiger partial charge in [-0.1, -0.05) is 56.3 Å². The standard InChI is InChI=1S/C21H26N2O2/c1-15(2)17-9-6-10-18(11-17)22-19-12-20(13-19)23-21(24)25-14-16-7-4-3-5-8-16/h3-11,15,19-20,22H,12-14H2,1-2H3,(H,23,24). The Kier molecular flexibility index (Phi) is 5.59. The molecule has 1 amide bonds. The Balaban J connectivity index is 1.38. The van der Waals surface area contributed by atoms with Crippen LogP contribution in [0.5, 0.6) is 0 Å². The Morgan fingerprint density at radius 1 is 1.08 bits per heavy atom. The number of hydrogen-bond acceptors (Lipinski definition) is 3. The zero-order valence-corrected chi connectivity index (χ0v) is 14.9. The molecule has 0 bridgehead atoms. The number of hydrogen-bond donors (Lipinski definition) is 2. The largest absolute Gasteiger partial charge is 0.445 e. The predicted octanol–water partition coefficient (Wildman–Crippen LogP) is 4.68. The molecule has 1 aliphatic rings. The fourth-order valence-corrected chi connectivity index (χ4v) is 3.01. The van der Waals surface area contributed by atoms with Gasteiger partial charge in [0.05, 0.1) is 0 Å². The lowest BCUT2D eigenvalue weighted by molar-refractivity contribution is 0.129. The molecule has 2 aromatic carbocycles. The highest BCUT2D eigenvalue weighted by Gasteiger charge is 2.30. The first-order valence-electron chi connectivity index (χ1n) is 8.94. The summed E-state index contributed by atoms with van der Waals surface area (Å²) in [5.41, 5.74) is 3.49. The van der Waals surface area contributed by atoms with Crippen LogP contribution in [0.2, 0.25) is 0 Å². The van der Waals surface area contributed by atoms with E-state index in [0.29, 0.717) is 18.6 Å². The van der Waals surface area contributed by atoms with Gasteiger partial charge in [0.25, 0.3) is 0 Å². The van der Waals surface area contributed by atoms with Gasteiger partial charge in [-0.3, -0.25) is 0 Å². The van der Waals surface area contributed by atoms with Crippen molar-refractivity contribution in [2.24, 2.45) is 0 Å². The number of ether oxygens (including phenoxy) is 1. The summed E-state index contributed by atoms with van der Waals surface area (Å²) in [4.78, 5) is 11.9. The van der Waals surface area contributed by atoms with E-state index in [4.69, 9.17) is 4.74 Å². The third-order valence-corrected chi connectivity index (χ3v) is 4.60. The van der Waals surface area contributed by atoms with Crippen LogP contribution in [0.15, 0.2) is 54.6 Å². The van der Waals surface area contributed by atoms with Gasteiger partial charge >= 0.3 is 6.09 Å². The van der Waals surface area contributed by atoms with E-state index >= 15 is 0 Å². The van der Waals surface area contributed by atoms with Gasteiger partial charge in [0.15, 0.2) is 0 Å². The monoisotopic (exact) mass is 338 g/mol. The summed E-state index contributed by atoms with van der Waals surface area (Å²) < 4.78 is 5.26. The Morgan fingerprint density at radius 2 is 1.84 bits per heavy atom. The van der Waals surface area contributed by atoms with E-state index < -0.39 is 0 Å². The van der Waals surface area contributed by atoms with Crippen molar-refractivity contribution in [2.75, 3.05) is 5.32 Å². The highest BCUT2D eigenvalue weighted by Crippen LogP contribution is 2.26. The summed E-state index contributed by atoms with van der Waals surface area (Å²) >= 11 is 0. The molecular formula is C21H26N2O2. The Morgan fingerprint density at radius 3 is 2.56 bits per heavy atom. The number of anilines is 1. The minimum atomic E-state index is -0.339. The van der Waals surface area contributed by atoms with Gasteiger partial charge in [-0.15, -0.1) is 0 Å². The molecule has 1 saturated carbocycles. The van der Waals surface area contributed by atoms with Crippen molar-refractivity contribution in [2.45, 2.75) is 51.3 Å². The number of rotatable bonds is 6. The second kappa shape index (κ2) is 8.06. The number of carbonyl (C=O) groups excluding carboxylic acids is 1. The summed E-state index contributed by atoms with van der Waals surface area (Å²) in [6.45, 7) is 4.70. The lowest BCUT2D eigenvalue weighted by atomic mass is 9.86. The summed E-state index contributed by atoms with van der Waals surface area (Å²) in [6, 6.07) is 18.9. The molecule has 1 fully saturated rings. The van der Waals surface area contributed by atoms with Crippen molar-refractivity contribution in [1.82, 2.24) is 5.32 Å².